The van der Waals surface area contributed by atoms with Gasteiger partial charge in [0.15, 0.2) is 17.8 Å². The second-order valence-electron chi connectivity index (χ2n) is 2.49. The van der Waals surface area contributed by atoms with Gasteiger partial charge in [0.2, 0.25) is 0 Å². The molecule has 0 aliphatic rings. The summed E-state index contributed by atoms with van der Waals surface area (Å²) in [5.74, 6) is 1.25. The van der Waals surface area contributed by atoms with Crippen LogP contribution in [-0.2, 0) is 4.79 Å². The molecule has 76 valence electrons. The summed E-state index contributed by atoms with van der Waals surface area (Å²) in [5, 5.41) is 0. The minimum atomic E-state index is 0.0506. The van der Waals surface area contributed by atoms with Crippen LogP contribution >= 0.6 is 11.8 Å². The third kappa shape index (κ3) is 2.67. The number of thioether (sulfide) groups is 1. The van der Waals surface area contributed by atoms with Crippen molar-refractivity contribution in [2.24, 2.45) is 0 Å². The molecule has 0 amide bonds. The summed E-state index contributed by atoms with van der Waals surface area (Å²) in [6.07, 6.45) is 2.70. The van der Waals surface area contributed by atoms with Crippen LogP contribution in [0.1, 0.15) is 0 Å². The maximum Gasteiger partial charge on any atom is 0.161 e. The third-order valence-electron chi connectivity index (χ3n) is 1.68. The van der Waals surface area contributed by atoms with Crippen molar-refractivity contribution in [3.05, 3.63) is 18.2 Å². The molecule has 4 heteroatoms. The number of methoxy groups -OCH3 is 1. The number of benzene rings is 1. The molecule has 1 aromatic rings. The summed E-state index contributed by atoms with van der Waals surface area (Å²) < 4.78 is 10.3. The number of carbonyl (C=O) groups excluding carboxylic acids is 1. The molecule has 1 rings (SSSR count). The summed E-state index contributed by atoms with van der Waals surface area (Å²) >= 11 is 1.63. The lowest BCUT2D eigenvalue weighted by molar-refractivity contribution is -0.109. The van der Waals surface area contributed by atoms with E-state index in [0.717, 1.165) is 4.90 Å². The maximum atomic E-state index is 10.1. The van der Waals surface area contributed by atoms with Crippen LogP contribution in [0.2, 0.25) is 0 Å². The Morgan fingerprint density at radius 1 is 1.43 bits per heavy atom. The van der Waals surface area contributed by atoms with E-state index in [1.54, 1.807) is 24.9 Å². The summed E-state index contributed by atoms with van der Waals surface area (Å²) in [4.78, 5) is 11.2. The van der Waals surface area contributed by atoms with Crippen molar-refractivity contribution < 1.29 is 14.3 Å². The number of ether oxygens (including phenoxy) is 2. The standard InChI is InChI=1S/C10H12O3S/c1-12-10-7-8(14-2)3-4-9(10)13-6-5-11/h3-5,7H,6H2,1-2H3. The summed E-state index contributed by atoms with van der Waals surface area (Å²) in [6, 6.07) is 5.60. The van der Waals surface area contributed by atoms with Gasteiger partial charge in [0.1, 0.15) is 6.61 Å². The fourth-order valence-corrected chi connectivity index (χ4v) is 1.45. The van der Waals surface area contributed by atoms with Gasteiger partial charge in [-0.15, -0.1) is 11.8 Å². The first kappa shape index (κ1) is 10.9. The highest BCUT2D eigenvalue weighted by molar-refractivity contribution is 7.98. The highest BCUT2D eigenvalue weighted by Crippen LogP contribution is 2.31. The highest BCUT2D eigenvalue weighted by Gasteiger charge is 2.04. The average molecular weight is 212 g/mol. The van der Waals surface area contributed by atoms with Gasteiger partial charge in [-0.25, -0.2) is 0 Å². The van der Waals surface area contributed by atoms with Crippen LogP contribution < -0.4 is 9.47 Å². The van der Waals surface area contributed by atoms with Crippen molar-refractivity contribution in [1.29, 1.82) is 0 Å². The van der Waals surface area contributed by atoms with E-state index in [4.69, 9.17) is 9.47 Å². The lowest BCUT2D eigenvalue weighted by Crippen LogP contribution is -1.99. The van der Waals surface area contributed by atoms with Crippen LogP contribution in [0.5, 0.6) is 11.5 Å². The number of aldehydes is 1. The average Bonchev–Trinajstić information content (AvgIpc) is 2.26. The molecule has 0 aliphatic heterocycles. The Bertz CT molecular complexity index is 312. The number of carbonyl (C=O) groups is 1. The second kappa shape index (κ2) is 5.54. The molecule has 0 atom stereocenters. The van der Waals surface area contributed by atoms with Crippen molar-refractivity contribution in [3.8, 4) is 11.5 Å². The maximum absolute atomic E-state index is 10.1. The molecule has 0 spiro atoms. The Morgan fingerprint density at radius 3 is 2.79 bits per heavy atom. The van der Waals surface area contributed by atoms with Gasteiger partial charge >= 0.3 is 0 Å². The Hall–Kier alpha value is -1.16. The van der Waals surface area contributed by atoms with Gasteiger partial charge in [-0.2, -0.15) is 0 Å². The quantitative estimate of drug-likeness (QED) is 0.552. The Labute approximate surface area is 87.4 Å². The van der Waals surface area contributed by atoms with Crippen LogP contribution in [-0.4, -0.2) is 26.3 Å². The van der Waals surface area contributed by atoms with Crippen LogP contribution in [0.3, 0.4) is 0 Å². The highest BCUT2D eigenvalue weighted by atomic mass is 32.2. The molecule has 0 aliphatic carbocycles. The minimum Gasteiger partial charge on any atom is -0.493 e. The first-order valence-electron chi connectivity index (χ1n) is 4.10. The summed E-state index contributed by atoms with van der Waals surface area (Å²) in [6.45, 7) is 0.0506. The first-order chi connectivity index (χ1) is 6.81. The van der Waals surface area contributed by atoms with Crippen LogP contribution in [0.4, 0.5) is 0 Å². The lowest BCUT2D eigenvalue weighted by Gasteiger charge is -2.09. The number of hydrogen-bond donors (Lipinski definition) is 0. The van der Waals surface area contributed by atoms with Crippen molar-refractivity contribution >= 4 is 18.0 Å². The number of hydrogen-bond acceptors (Lipinski definition) is 4. The van der Waals surface area contributed by atoms with E-state index < -0.39 is 0 Å². The predicted octanol–water partition coefficient (Wildman–Crippen LogP) is 1.99. The molecule has 1 aromatic carbocycles. The third-order valence-corrected chi connectivity index (χ3v) is 2.40. The molecular formula is C10H12O3S. The van der Waals surface area contributed by atoms with Crippen molar-refractivity contribution in [2.45, 2.75) is 4.90 Å². The molecule has 0 saturated heterocycles. The zero-order chi connectivity index (χ0) is 10.4. The zero-order valence-electron chi connectivity index (χ0n) is 8.15. The number of rotatable bonds is 5. The molecule has 0 N–H and O–H groups in total. The predicted molar refractivity (Wildman–Crippen MR) is 56.3 cm³/mol. The van der Waals surface area contributed by atoms with Crippen LogP contribution in [0.15, 0.2) is 23.1 Å². The monoisotopic (exact) mass is 212 g/mol. The largest absolute Gasteiger partial charge is 0.493 e. The molecule has 0 fully saturated rings. The molecule has 0 saturated carbocycles. The van der Waals surface area contributed by atoms with E-state index in [1.165, 1.54) is 0 Å². The molecule has 0 bridgehead atoms. The van der Waals surface area contributed by atoms with E-state index >= 15 is 0 Å². The van der Waals surface area contributed by atoms with Gasteiger partial charge < -0.3 is 9.47 Å². The van der Waals surface area contributed by atoms with Gasteiger partial charge in [-0.1, -0.05) is 0 Å². The topological polar surface area (TPSA) is 35.5 Å². The SMILES string of the molecule is COc1cc(SC)ccc1OCC=O. The smallest absolute Gasteiger partial charge is 0.161 e. The van der Waals surface area contributed by atoms with Gasteiger partial charge in [-0.05, 0) is 24.5 Å². The zero-order valence-corrected chi connectivity index (χ0v) is 8.97. The normalized spacial score (nSPS) is 9.57. The lowest BCUT2D eigenvalue weighted by atomic mass is 10.3. The van der Waals surface area contributed by atoms with Gasteiger partial charge in [0, 0.05) is 4.90 Å². The summed E-state index contributed by atoms with van der Waals surface area (Å²) in [7, 11) is 1.58. The molecule has 0 aromatic heterocycles. The van der Waals surface area contributed by atoms with Crippen LogP contribution in [0, 0.1) is 0 Å². The first-order valence-corrected chi connectivity index (χ1v) is 5.32. The van der Waals surface area contributed by atoms with Crippen LogP contribution in [0.25, 0.3) is 0 Å². The molecule has 0 unspecified atom stereocenters. The molecule has 3 nitrogen and oxygen atoms in total. The Morgan fingerprint density at radius 2 is 2.21 bits per heavy atom. The molecule has 0 radical (unpaired) electrons. The molecular weight excluding hydrogens is 200 g/mol. The minimum absolute atomic E-state index is 0.0506. The van der Waals surface area contributed by atoms with E-state index in [-0.39, 0.29) is 6.61 Å². The van der Waals surface area contributed by atoms with E-state index in [2.05, 4.69) is 0 Å². The van der Waals surface area contributed by atoms with Crippen molar-refractivity contribution in [3.63, 3.8) is 0 Å². The summed E-state index contributed by atoms with van der Waals surface area (Å²) in [5.41, 5.74) is 0. The van der Waals surface area contributed by atoms with E-state index in [0.29, 0.717) is 17.8 Å². The van der Waals surface area contributed by atoms with E-state index in [9.17, 15) is 4.79 Å². The van der Waals surface area contributed by atoms with Crippen molar-refractivity contribution in [2.75, 3.05) is 20.0 Å². The molecule has 14 heavy (non-hydrogen) atoms. The van der Waals surface area contributed by atoms with Gasteiger partial charge in [0.05, 0.1) is 7.11 Å². The van der Waals surface area contributed by atoms with Gasteiger partial charge in [-0.3, -0.25) is 4.79 Å². The Balaban J connectivity index is 2.87. The Kier molecular flexibility index (Phi) is 4.32. The molecule has 0 heterocycles. The fourth-order valence-electron chi connectivity index (χ4n) is 1.02. The van der Waals surface area contributed by atoms with Gasteiger partial charge in [0.25, 0.3) is 0 Å². The fraction of sp³-hybridized carbons (Fsp3) is 0.300. The van der Waals surface area contributed by atoms with Crippen molar-refractivity contribution in [1.82, 2.24) is 0 Å². The van der Waals surface area contributed by atoms with E-state index in [1.807, 2.05) is 18.4 Å². The second-order valence-corrected chi connectivity index (χ2v) is 3.37.